The third kappa shape index (κ3) is 6.46. The Morgan fingerprint density at radius 1 is 0.256 bits per heavy atom. The molecule has 2 aromatic heterocycles. The number of benzene rings is 14. The highest BCUT2D eigenvalue weighted by Crippen LogP contribution is 2.60. The predicted molar refractivity (Wildman–Crippen MR) is 346 cm³/mol. The smallest absolute Gasteiger partial charge is 0.0544 e. The first-order valence-corrected chi connectivity index (χ1v) is 28.7. The number of para-hydroxylation sites is 2. The van der Waals surface area contributed by atoms with Crippen molar-refractivity contribution in [3.05, 3.63) is 325 Å². The highest BCUT2D eigenvalue weighted by atomic mass is 15.0. The van der Waals surface area contributed by atoms with Crippen LogP contribution < -0.4 is 0 Å². The SMILES string of the molecule is CC1(c2ccccc2)c2ccc3c(c2C(C)(c2ccccc2)c2ccc4c(c21)c1ccccc1n4-c1cccc(-c2cc4ccccc4c4ccccc24)c1)c1ccccc1n3-c1cccc(-c2cc3ccccc3c3ccccc23)c1. The molecule has 2 unspecified atom stereocenters. The molecule has 82 heavy (non-hydrogen) atoms. The van der Waals surface area contributed by atoms with E-state index in [0.29, 0.717) is 0 Å². The van der Waals surface area contributed by atoms with E-state index in [1.54, 1.807) is 0 Å². The summed E-state index contributed by atoms with van der Waals surface area (Å²) in [5.74, 6) is 0. The van der Waals surface area contributed by atoms with Gasteiger partial charge in [0, 0.05) is 43.7 Å². The first-order chi connectivity index (χ1) is 40.5. The van der Waals surface area contributed by atoms with Gasteiger partial charge in [0.1, 0.15) is 0 Å². The minimum Gasteiger partial charge on any atom is -0.309 e. The molecule has 1 aliphatic rings. The van der Waals surface area contributed by atoms with Crippen LogP contribution in [0.2, 0.25) is 0 Å². The fraction of sp³-hybridized carbons (Fsp3) is 0.0500. The molecule has 0 radical (unpaired) electrons. The summed E-state index contributed by atoms with van der Waals surface area (Å²) in [6, 6.07) is 109. The highest BCUT2D eigenvalue weighted by Gasteiger charge is 2.50. The Morgan fingerprint density at radius 2 is 0.610 bits per heavy atom. The molecule has 16 aromatic rings. The maximum Gasteiger partial charge on any atom is 0.0544 e. The summed E-state index contributed by atoms with van der Waals surface area (Å²) in [5.41, 5.74) is 18.5. The number of rotatable bonds is 6. The van der Waals surface area contributed by atoms with Crippen LogP contribution in [0.4, 0.5) is 0 Å². The minimum atomic E-state index is -0.602. The third-order valence-corrected chi connectivity index (χ3v) is 18.8. The normalized spacial score (nSPS) is 16.0. The van der Waals surface area contributed by atoms with E-state index in [4.69, 9.17) is 0 Å². The first-order valence-electron chi connectivity index (χ1n) is 28.7. The molecule has 0 saturated carbocycles. The molecule has 0 fully saturated rings. The molecule has 17 rings (SSSR count). The topological polar surface area (TPSA) is 9.86 Å². The molecule has 2 heterocycles. The number of hydrogen-bond acceptors (Lipinski definition) is 0. The van der Waals surface area contributed by atoms with Crippen LogP contribution in [0.25, 0.3) is 120 Å². The van der Waals surface area contributed by atoms with Crippen molar-refractivity contribution in [1.29, 1.82) is 0 Å². The predicted octanol–water partition coefficient (Wildman–Crippen LogP) is 20.8. The standard InChI is InChI=1S/C80H54N2/c1-79(55-27-5-3-6-28-55)69-43-45-74-76(66-40-18-20-42-72(66)82(74)58-32-22-26-52(48-58)68-50-54-24-10-12-34-60(54)62-36-14-16-38-64(62)68)78(69)80(2,56-29-7-4-8-30-56)70-44-46-73-75(77(70)79)65-39-17-19-41-71(65)81(73)57-31-21-25-51(47-57)67-49-53-23-9-11-33-59(53)61-35-13-15-37-63(61)67/h3-50H,1-2H3. The van der Waals surface area contributed by atoms with Gasteiger partial charge >= 0.3 is 0 Å². The molecule has 0 amide bonds. The minimum absolute atomic E-state index is 0.602. The van der Waals surface area contributed by atoms with Gasteiger partial charge in [-0.3, -0.25) is 0 Å². The van der Waals surface area contributed by atoms with E-state index in [2.05, 4.69) is 314 Å². The van der Waals surface area contributed by atoms with Crippen LogP contribution >= 0.6 is 0 Å². The van der Waals surface area contributed by atoms with Gasteiger partial charge in [0.05, 0.1) is 22.1 Å². The highest BCUT2D eigenvalue weighted by molar-refractivity contribution is 6.18. The number of nitrogens with zero attached hydrogens (tertiary/aromatic N) is 2. The van der Waals surface area contributed by atoms with Gasteiger partial charge in [0.2, 0.25) is 0 Å². The van der Waals surface area contributed by atoms with Crippen molar-refractivity contribution in [2.75, 3.05) is 0 Å². The number of hydrogen-bond donors (Lipinski definition) is 0. The van der Waals surface area contributed by atoms with Gasteiger partial charge in [-0.05, 0) is 173 Å². The second-order valence-corrected chi connectivity index (χ2v) is 22.9. The molecule has 1 aliphatic carbocycles. The van der Waals surface area contributed by atoms with Crippen LogP contribution in [-0.2, 0) is 10.8 Å². The monoisotopic (exact) mass is 1040 g/mol. The van der Waals surface area contributed by atoms with Gasteiger partial charge in [-0.15, -0.1) is 0 Å². The van der Waals surface area contributed by atoms with Crippen LogP contribution in [-0.4, -0.2) is 9.13 Å². The fourth-order valence-electron chi connectivity index (χ4n) is 15.2. The van der Waals surface area contributed by atoms with Crippen LogP contribution in [0.15, 0.2) is 291 Å². The van der Waals surface area contributed by atoms with Crippen LogP contribution in [0.1, 0.15) is 47.2 Å². The molecule has 2 atom stereocenters. The van der Waals surface area contributed by atoms with Gasteiger partial charge in [-0.2, -0.15) is 0 Å². The molecule has 2 heteroatoms. The van der Waals surface area contributed by atoms with E-state index in [-0.39, 0.29) is 0 Å². The largest absolute Gasteiger partial charge is 0.309 e. The van der Waals surface area contributed by atoms with Crippen molar-refractivity contribution < 1.29 is 0 Å². The van der Waals surface area contributed by atoms with E-state index in [9.17, 15) is 0 Å². The van der Waals surface area contributed by atoms with Gasteiger partial charge < -0.3 is 9.13 Å². The molecule has 0 aliphatic heterocycles. The Morgan fingerprint density at radius 3 is 1.04 bits per heavy atom. The van der Waals surface area contributed by atoms with Crippen molar-refractivity contribution in [3.8, 4) is 33.6 Å². The van der Waals surface area contributed by atoms with Crippen molar-refractivity contribution in [2.24, 2.45) is 0 Å². The van der Waals surface area contributed by atoms with Gasteiger partial charge in [0.25, 0.3) is 0 Å². The van der Waals surface area contributed by atoms with Crippen molar-refractivity contribution in [1.82, 2.24) is 9.13 Å². The summed E-state index contributed by atoms with van der Waals surface area (Å²) >= 11 is 0. The summed E-state index contributed by atoms with van der Waals surface area (Å²) in [6.45, 7) is 5.04. The van der Waals surface area contributed by atoms with Crippen LogP contribution in [0.5, 0.6) is 0 Å². The number of aromatic nitrogens is 2. The van der Waals surface area contributed by atoms with Crippen molar-refractivity contribution in [2.45, 2.75) is 24.7 Å². The van der Waals surface area contributed by atoms with E-state index in [0.717, 1.165) is 11.4 Å². The lowest BCUT2D eigenvalue weighted by atomic mass is 9.54. The fourth-order valence-corrected chi connectivity index (χ4v) is 15.2. The summed E-state index contributed by atoms with van der Waals surface area (Å²) in [4.78, 5) is 0. The molecule has 14 aromatic carbocycles. The lowest BCUT2D eigenvalue weighted by Gasteiger charge is -2.48. The third-order valence-electron chi connectivity index (χ3n) is 18.8. The lowest BCUT2D eigenvalue weighted by Crippen LogP contribution is -2.41. The summed E-state index contributed by atoms with van der Waals surface area (Å²) < 4.78 is 5.06. The molecule has 2 nitrogen and oxygen atoms in total. The zero-order valence-corrected chi connectivity index (χ0v) is 45.6. The van der Waals surface area contributed by atoms with Crippen LogP contribution in [0.3, 0.4) is 0 Å². The second-order valence-electron chi connectivity index (χ2n) is 22.9. The Balaban J connectivity index is 0.943. The molecule has 0 spiro atoms. The molecule has 384 valence electrons. The summed E-state index contributed by atoms with van der Waals surface area (Å²) in [6.07, 6.45) is 0. The van der Waals surface area contributed by atoms with Crippen molar-refractivity contribution >= 4 is 86.7 Å². The second kappa shape index (κ2) is 17.6. The molecular weight excluding hydrogens is 989 g/mol. The maximum atomic E-state index is 2.53. The zero-order chi connectivity index (χ0) is 54.3. The molecule has 0 bridgehead atoms. The lowest BCUT2D eigenvalue weighted by molar-refractivity contribution is 0.577. The van der Waals surface area contributed by atoms with E-state index >= 15 is 0 Å². The quantitative estimate of drug-likeness (QED) is 0.147. The van der Waals surface area contributed by atoms with Gasteiger partial charge in [0.15, 0.2) is 0 Å². The Hall–Kier alpha value is -10.3. The van der Waals surface area contributed by atoms with E-state index in [1.807, 2.05) is 0 Å². The summed E-state index contributed by atoms with van der Waals surface area (Å²) in [5, 5.41) is 15.2. The Kier molecular flexibility index (Phi) is 10.0. The maximum absolute atomic E-state index is 2.53. The van der Waals surface area contributed by atoms with Crippen LogP contribution in [0, 0.1) is 0 Å². The Bertz CT molecular complexity index is 4980. The van der Waals surface area contributed by atoms with Gasteiger partial charge in [-0.1, -0.05) is 231 Å². The summed E-state index contributed by atoms with van der Waals surface area (Å²) in [7, 11) is 0. The average molecular weight is 1040 g/mol. The van der Waals surface area contributed by atoms with E-state index in [1.165, 1.54) is 142 Å². The molecule has 0 N–H and O–H groups in total. The number of fused-ring (bicyclic) bond motifs is 16. The first kappa shape index (κ1) is 46.6. The average Bonchev–Trinajstić information content (AvgIpc) is 1.43. The zero-order valence-electron chi connectivity index (χ0n) is 45.6. The molecule has 0 saturated heterocycles. The molecular formula is C80H54N2. The Labute approximate surface area is 476 Å². The van der Waals surface area contributed by atoms with Gasteiger partial charge in [-0.25, -0.2) is 0 Å². The van der Waals surface area contributed by atoms with E-state index < -0.39 is 10.8 Å². The van der Waals surface area contributed by atoms with Crippen molar-refractivity contribution in [3.63, 3.8) is 0 Å².